The molecule has 12 aromatic rings. The van der Waals surface area contributed by atoms with Crippen LogP contribution in [0.1, 0.15) is 0 Å². The highest BCUT2D eigenvalue weighted by atomic mass is 15.0. The molecule has 9 aromatic carbocycles. The van der Waals surface area contributed by atoms with Crippen LogP contribution in [0.3, 0.4) is 0 Å². The lowest BCUT2D eigenvalue weighted by Gasteiger charge is -2.16. The van der Waals surface area contributed by atoms with Gasteiger partial charge in [0.2, 0.25) is 0 Å². The molecule has 0 amide bonds. The molecule has 0 radical (unpaired) electrons. The van der Waals surface area contributed by atoms with Crippen LogP contribution in [0.25, 0.3) is 111 Å². The Hall–Kier alpha value is -8.08. The number of nitrogens with zero attached hydrogens (tertiary/aromatic N) is 4. The van der Waals surface area contributed by atoms with E-state index in [1.807, 2.05) is 24.3 Å². The third-order valence-electron chi connectivity index (χ3n) is 11.9. The van der Waals surface area contributed by atoms with E-state index in [0.717, 1.165) is 45.0 Å². The van der Waals surface area contributed by atoms with Crippen molar-refractivity contribution in [1.29, 1.82) is 0 Å². The number of hydrogen-bond acceptors (Lipinski definition) is 2. The Bertz CT molecular complexity index is 3530. The summed E-state index contributed by atoms with van der Waals surface area (Å²) in [4.78, 5) is 10.3. The van der Waals surface area contributed by atoms with Crippen LogP contribution >= 0.6 is 0 Å². The third-order valence-corrected chi connectivity index (χ3v) is 11.9. The van der Waals surface area contributed by atoms with Crippen molar-refractivity contribution >= 4 is 54.4 Å². The van der Waals surface area contributed by atoms with E-state index in [1.54, 1.807) is 0 Å². The summed E-state index contributed by atoms with van der Waals surface area (Å²) in [7, 11) is 0. The molecule has 280 valence electrons. The number of para-hydroxylation sites is 3. The predicted octanol–water partition coefficient (Wildman–Crippen LogP) is 14.5. The minimum absolute atomic E-state index is 0.701. The minimum Gasteiger partial charge on any atom is -0.309 e. The Labute approximate surface area is 346 Å². The summed E-state index contributed by atoms with van der Waals surface area (Å²) >= 11 is 0. The van der Waals surface area contributed by atoms with Gasteiger partial charge in [0, 0.05) is 55.2 Å². The number of fused-ring (bicyclic) bond motifs is 7. The second-order valence-electron chi connectivity index (χ2n) is 15.4. The van der Waals surface area contributed by atoms with Gasteiger partial charge in [0.05, 0.1) is 33.5 Å². The predicted molar refractivity (Wildman–Crippen MR) is 250 cm³/mol. The van der Waals surface area contributed by atoms with E-state index in [0.29, 0.717) is 5.82 Å². The van der Waals surface area contributed by atoms with Gasteiger partial charge in [-0.2, -0.15) is 0 Å². The Morgan fingerprint density at radius 2 is 0.850 bits per heavy atom. The molecule has 0 bridgehead atoms. The topological polar surface area (TPSA) is 35.6 Å². The highest BCUT2D eigenvalue weighted by molar-refractivity contribution is 6.22. The van der Waals surface area contributed by atoms with Crippen molar-refractivity contribution in [3.63, 3.8) is 0 Å². The molecule has 0 saturated heterocycles. The van der Waals surface area contributed by atoms with Crippen LogP contribution in [0.15, 0.2) is 218 Å². The fourth-order valence-electron chi connectivity index (χ4n) is 9.21. The molecule has 0 spiro atoms. The first kappa shape index (κ1) is 34.0. The maximum absolute atomic E-state index is 5.21. The van der Waals surface area contributed by atoms with Crippen molar-refractivity contribution in [3.05, 3.63) is 218 Å². The first-order chi connectivity index (χ1) is 29.8. The lowest BCUT2D eigenvalue weighted by Crippen LogP contribution is -1.99. The second-order valence-corrected chi connectivity index (χ2v) is 15.4. The van der Waals surface area contributed by atoms with Crippen LogP contribution in [-0.2, 0) is 0 Å². The van der Waals surface area contributed by atoms with Gasteiger partial charge in [-0.25, -0.2) is 9.97 Å². The molecule has 4 nitrogen and oxygen atoms in total. The summed E-state index contributed by atoms with van der Waals surface area (Å²) < 4.78 is 4.85. The van der Waals surface area contributed by atoms with Crippen LogP contribution in [0.4, 0.5) is 0 Å². The molecule has 4 heteroatoms. The zero-order valence-corrected chi connectivity index (χ0v) is 32.6. The molecule has 0 aliphatic rings. The van der Waals surface area contributed by atoms with E-state index in [-0.39, 0.29) is 0 Å². The zero-order chi connectivity index (χ0) is 39.6. The number of rotatable bonds is 6. The van der Waals surface area contributed by atoms with Crippen molar-refractivity contribution in [1.82, 2.24) is 19.1 Å². The summed E-state index contributed by atoms with van der Waals surface area (Å²) in [6, 6.07) is 78.1. The summed E-state index contributed by atoms with van der Waals surface area (Å²) in [6.07, 6.45) is 0. The second kappa shape index (κ2) is 13.8. The quantitative estimate of drug-likeness (QED) is 0.169. The number of hydrogen-bond donors (Lipinski definition) is 0. The highest BCUT2D eigenvalue weighted by Gasteiger charge is 2.22. The van der Waals surface area contributed by atoms with Gasteiger partial charge in [0.25, 0.3) is 0 Å². The lowest BCUT2D eigenvalue weighted by atomic mass is 9.93. The van der Waals surface area contributed by atoms with Crippen molar-refractivity contribution < 1.29 is 0 Å². The van der Waals surface area contributed by atoms with Gasteiger partial charge in [-0.05, 0) is 77.0 Å². The number of benzene rings is 9. The molecule has 0 N–H and O–H groups in total. The van der Waals surface area contributed by atoms with Crippen molar-refractivity contribution in [2.75, 3.05) is 0 Å². The van der Waals surface area contributed by atoms with Crippen LogP contribution in [-0.4, -0.2) is 19.1 Å². The normalized spacial score (nSPS) is 11.7. The Balaban J connectivity index is 1.12. The Morgan fingerprint density at radius 3 is 1.60 bits per heavy atom. The van der Waals surface area contributed by atoms with Gasteiger partial charge in [0.1, 0.15) is 0 Å². The minimum atomic E-state index is 0.701. The molecule has 0 aliphatic heterocycles. The maximum atomic E-state index is 5.21. The molecule has 0 atom stereocenters. The van der Waals surface area contributed by atoms with Crippen molar-refractivity contribution in [3.8, 4) is 56.4 Å². The SMILES string of the molecule is c1ccc(-c2cc(-c3cccc(-n4c5ccccc5c5cc6ccccc6c(-c6ccc7c(c6)c6ccccc6n7-c6ccccc6)c54)c3)nc(-c3ccccc3)n2)cc1. The summed E-state index contributed by atoms with van der Waals surface area (Å²) in [5.74, 6) is 0.701. The van der Waals surface area contributed by atoms with E-state index >= 15 is 0 Å². The molecule has 12 rings (SSSR count). The summed E-state index contributed by atoms with van der Waals surface area (Å²) in [6.45, 7) is 0. The fraction of sp³-hybridized carbons (Fsp3) is 0. The fourth-order valence-corrected chi connectivity index (χ4v) is 9.21. The first-order valence-electron chi connectivity index (χ1n) is 20.4. The van der Waals surface area contributed by atoms with Gasteiger partial charge in [-0.15, -0.1) is 0 Å². The standard InChI is InChI=1S/C56H36N4/c1-4-17-37(18-5-1)49-36-50(58-56(57-49)38-19-6-2-7-20-38)40-22-16-25-43(33-40)60-52-30-15-13-28-46(52)48-34-39-21-10-11-26-44(39)54(55(48)60)41-31-32-53-47(35-41)45-27-12-14-29-51(45)59(53)42-23-8-3-9-24-42/h1-36H. The lowest BCUT2D eigenvalue weighted by molar-refractivity contribution is 1.16. The molecule has 0 unspecified atom stereocenters. The van der Waals surface area contributed by atoms with E-state index in [2.05, 4.69) is 203 Å². The monoisotopic (exact) mass is 764 g/mol. The average Bonchev–Trinajstić information content (AvgIpc) is 3.84. The molecule has 0 fully saturated rings. The molecule has 3 aromatic heterocycles. The molecular weight excluding hydrogens is 729 g/mol. The molecule has 3 heterocycles. The smallest absolute Gasteiger partial charge is 0.160 e. The third kappa shape index (κ3) is 5.46. The summed E-state index contributed by atoms with van der Waals surface area (Å²) in [5.41, 5.74) is 14.1. The first-order valence-corrected chi connectivity index (χ1v) is 20.4. The van der Waals surface area contributed by atoms with E-state index < -0.39 is 0 Å². The molecular formula is C56H36N4. The summed E-state index contributed by atoms with van der Waals surface area (Å²) in [5, 5.41) is 7.32. The van der Waals surface area contributed by atoms with Crippen LogP contribution < -0.4 is 0 Å². The number of aromatic nitrogens is 4. The van der Waals surface area contributed by atoms with Gasteiger partial charge in [-0.3, -0.25) is 0 Å². The largest absolute Gasteiger partial charge is 0.309 e. The van der Waals surface area contributed by atoms with E-state index in [9.17, 15) is 0 Å². The van der Waals surface area contributed by atoms with E-state index in [4.69, 9.17) is 9.97 Å². The van der Waals surface area contributed by atoms with Gasteiger partial charge < -0.3 is 9.13 Å². The van der Waals surface area contributed by atoms with Gasteiger partial charge in [-0.1, -0.05) is 158 Å². The zero-order valence-electron chi connectivity index (χ0n) is 32.6. The van der Waals surface area contributed by atoms with Crippen LogP contribution in [0, 0.1) is 0 Å². The Kier molecular flexibility index (Phi) is 7.82. The van der Waals surface area contributed by atoms with Crippen molar-refractivity contribution in [2.45, 2.75) is 0 Å². The van der Waals surface area contributed by atoms with Crippen LogP contribution in [0.2, 0.25) is 0 Å². The highest BCUT2D eigenvalue weighted by Crippen LogP contribution is 2.45. The van der Waals surface area contributed by atoms with Crippen LogP contribution in [0.5, 0.6) is 0 Å². The average molecular weight is 765 g/mol. The molecule has 0 saturated carbocycles. The van der Waals surface area contributed by atoms with Gasteiger partial charge in [0.15, 0.2) is 5.82 Å². The van der Waals surface area contributed by atoms with E-state index in [1.165, 1.54) is 60.0 Å². The maximum Gasteiger partial charge on any atom is 0.160 e. The molecule has 60 heavy (non-hydrogen) atoms. The van der Waals surface area contributed by atoms with Crippen molar-refractivity contribution in [2.24, 2.45) is 0 Å². The Morgan fingerprint density at radius 1 is 0.300 bits per heavy atom. The van der Waals surface area contributed by atoms with Gasteiger partial charge >= 0.3 is 0 Å². The molecule has 0 aliphatic carbocycles.